The van der Waals surface area contributed by atoms with E-state index in [0.29, 0.717) is 0 Å². The Morgan fingerprint density at radius 1 is 1.08 bits per heavy atom. The molecule has 4 aliphatic rings. The van der Waals surface area contributed by atoms with Gasteiger partial charge in [-0.15, -0.1) is 11.3 Å². The molecule has 38 heavy (non-hydrogen) atoms. The van der Waals surface area contributed by atoms with Gasteiger partial charge in [0.1, 0.15) is 16.7 Å². The standard InChI is InChI=1S/C18H22N2O2S2.C11H16N2O/c21-24-11-8-20(9-12-24)15-6-4-14(5-7-15)17-13-19-18(23-17)16-3-1-2-10-22-16;12-8-11(6-7-11)13-10(14)9-4-2-1-3-5-9/h4-7,13,16H,1-3,8-12H2;9H,1-7H2,(H,13,14). The molecule has 9 heteroatoms. The summed E-state index contributed by atoms with van der Waals surface area (Å²) in [7, 11) is -0.629. The first kappa shape index (κ1) is 27.3. The predicted octanol–water partition coefficient (Wildman–Crippen LogP) is 5.36. The Balaban J connectivity index is 0.000000179. The van der Waals surface area contributed by atoms with E-state index in [2.05, 4.69) is 45.5 Å². The van der Waals surface area contributed by atoms with Gasteiger partial charge in [0.15, 0.2) is 0 Å². The molecule has 4 fully saturated rings. The highest BCUT2D eigenvalue weighted by molar-refractivity contribution is 7.85. The van der Waals surface area contributed by atoms with Crippen LogP contribution in [0.3, 0.4) is 0 Å². The van der Waals surface area contributed by atoms with Crippen LogP contribution in [0.1, 0.15) is 75.3 Å². The molecule has 2 saturated heterocycles. The highest BCUT2D eigenvalue weighted by Gasteiger charge is 2.45. The lowest BCUT2D eigenvalue weighted by atomic mass is 9.88. The van der Waals surface area contributed by atoms with Gasteiger partial charge in [0, 0.05) is 59.8 Å². The molecule has 1 N–H and O–H groups in total. The lowest BCUT2D eigenvalue weighted by molar-refractivity contribution is -0.126. The van der Waals surface area contributed by atoms with Crippen molar-refractivity contribution in [3.63, 3.8) is 0 Å². The van der Waals surface area contributed by atoms with Gasteiger partial charge < -0.3 is 15.0 Å². The molecule has 1 amide bonds. The van der Waals surface area contributed by atoms with E-state index in [0.717, 1.165) is 81.2 Å². The van der Waals surface area contributed by atoms with Crippen LogP contribution in [0.5, 0.6) is 0 Å². The fourth-order valence-electron chi connectivity index (χ4n) is 5.33. The first-order valence-corrected chi connectivity index (χ1v) is 16.4. The summed E-state index contributed by atoms with van der Waals surface area (Å²) in [5, 5.41) is 12.8. The minimum atomic E-state index is -0.629. The molecule has 0 bridgehead atoms. The third kappa shape index (κ3) is 7.02. The van der Waals surface area contributed by atoms with Crippen LogP contribution in [0, 0.1) is 17.2 Å². The van der Waals surface area contributed by atoms with E-state index < -0.39 is 16.3 Å². The van der Waals surface area contributed by atoms with Crippen molar-refractivity contribution in [3.8, 4) is 16.5 Å². The highest BCUT2D eigenvalue weighted by Crippen LogP contribution is 2.36. The minimum Gasteiger partial charge on any atom is -0.371 e. The molecule has 1 aromatic carbocycles. The molecule has 1 unspecified atom stereocenters. The second-order valence-electron chi connectivity index (χ2n) is 10.8. The van der Waals surface area contributed by atoms with Crippen molar-refractivity contribution in [3.05, 3.63) is 35.5 Å². The molecular weight excluding hydrogens is 516 g/mol. The first-order valence-electron chi connectivity index (χ1n) is 14.1. The summed E-state index contributed by atoms with van der Waals surface area (Å²) in [6, 6.07) is 10.9. The number of amides is 1. The predicted molar refractivity (Wildman–Crippen MR) is 152 cm³/mol. The maximum atomic E-state index is 11.8. The Morgan fingerprint density at radius 2 is 1.79 bits per heavy atom. The summed E-state index contributed by atoms with van der Waals surface area (Å²) in [4.78, 5) is 19.9. The number of nitrogens with zero attached hydrogens (tertiary/aromatic N) is 3. The van der Waals surface area contributed by atoms with Crippen LogP contribution < -0.4 is 10.2 Å². The molecule has 2 aliphatic heterocycles. The zero-order chi connectivity index (χ0) is 26.4. The molecule has 204 valence electrons. The van der Waals surface area contributed by atoms with Gasteiger partial charge in [0.05, 0.1) is 10.9 Å². The molecule has 3 heterocycles. The summed E-state index contributed by atoms with van der Waals surface area (Å²) in [6.07, 6.45) is 12.9. The van der Waals surface area contributed by atoms with Gasteiger partial charge in [-0.05, 0) is 62.6 Å². The van der Waals surface area contributed by atoms with Crippen molar-refractivity contribution in [2.45, 2.75) is 75.9 Å². The van der Waals surface area contributed by atoms with Gasteiger partial charge in [0.2, 0.25) is 5.91 Å². The lowest BCUT2D eigenvalue weighted by Gasteiger charge is -2.28. The largest absolute Gasteiger partial charge is 0.371 e. The second-order valence-corrected chi connectivity index (χ2v) is 13.6. The number of nitriles is 1. The Morgan fingerprint density at radius 3 is 2.42 bits per heavy atom. The van der Waals surface area contributed by atoms with Crippen LogP contribution in [0.4, 0.5) is 5.69 Å². The van der Waals surface area contributed by atoms with E-state index in [9.17, 15) is 9.00 Å². The summed E-state index contributed by atoms with van der Waals surface area (Å²) in [5.74, 6) is 1.85. The molecule has 2 aliphatic carbocycles. The number of ether oxygens (including phenoxy) is 1. The average Bonchev–Trinajstić information content (AvgIpc) is 3.57. The minimum absolute atomic E-state index is 0.115. The van der Waals surface area contributed by atoms with Crippen LogP contribution in [0.25, 0.3) is 10.4 Å². The van der Waals surface area contributed by atoms with E-state index in [4.69, 9.17) is 10.00 Å². The third-order valence-corrected chi connectivity index (χ3v) is 10.4. The number of benzene rings is 1. The van der Waals surface area contributed by atoms with E-state index in [1.54, 1.807) is 11.3 Å². The number of anilines is 1. The number of hydrogen-bond acceptors (Lipinski definition) is 7. The topological polar surface area (TPSA) is 95.3 Å². The van der Waals surface area contributed by atoms with Crippen molar-refractivity contribution in [2.75, 3.05) is 36.1 Å². The SMILES string of the molecule is N#CC1(NC(=O)C2CCCCC2)CC1.O=S1CCN(c2ccc(-c3cnc(C4CCCCO4)s3)cc2)CC1. The van der Waals surface area contributed by atoms with Gasteiger partial charge in [0.25, 0.3) is 0 Å². The molecule has 0 spiro atoms. The molecule has 0 radical (unpaired) electrons. The number of nitrogens with one attached hydrogen (secondary N) is 1. The summed E-state index contributed by atoms with van der Waals surface area (Å²) in [5.41, 5.74) is 1.95. The van der Waals surface area contributed by atoms with E-state index in [-0.39, 0.29) is 17.9 Å². The Hall–Kier alpha value is -2.28. The van der Waals surface area contributed by atoms with E-state index in [1.165, 1.54) is 35.4 Å². The molecule has 7 nitrogen and oxygen atoms in total. The number of hydrogen-bond donors (Lipinski definition) is 1. The molecule has 1 aromatic heterocycles. The van der Waals surface area contributed by atoms with Crippen molar-refractivity contribution < 1.29 is 13.7 Å². The molecular formula is C29H38N4O3S2. The zero-order valence-electron chi connectivity index (χ0n) is 22.0. The van der Waals surface area contributed by atoms with Crippen LogP contribution in [-0.2, 0) is 20.3 Å². The van der Waals surface area contributed by atoms with E-state index in [1.807, 2.05) is 6.20 Å². The van der Waals surface area contributed by atoms with Gasteiger partial charge in [-0.25, -0.2) is 4.98 Å². The van der Waals surface area contributed by atoms with Crippen LogP contribution in [-0.4, -0.2) is 51.8 Å². The van der Waals surface area contributed by atoms with Crippen LogP contribution >= 0.6 is 11.3 Å². The quantitative estimate of drug-likeness (QED) is 0.535. The van der Waals surface area contributed by atoms with E-state index >= 15 is 0 Å². The fourth-order valence-corrected chi connectivity index (χ4v) is 7.39. The Labute approximate surface area is 232 Å². The van der Waals surface area contributed by atoms with Gasteiger partial charge >= 0.3 is 0 Å². The monoisotopic (exact) mass is 554 g/mol. The van der Waals surface area contributed by atoms with Crippen molar-refractivity contribution in [1.82, 2.24) is 10.3 Å². The number of carbonyl (C=O) groups is 1. The average molecular weight is 555 g/mol. The van der Waals surface area contributed by atoms with Crippen LogP contribution in [0.15, 0.2) is 30.5 Å². The Bertz CT molecular complexity index is 1130. The van der Waals surface area contributed by atoms with Gasteiger partial charge in [-0.2, -0.15) is 5.26 Å². The third-order valence-electron chi connectivity index (χ3n) is 7.98. The number of carbonyl (C=O) groups excluding carboxylic acids is 1. The number of thiazole rings is 1. The number of rotatable bonds is 5. The summed E-state index contributed by atoms with van der Waals surface area (Å²) < 4.78 is 17.3. The normalized spacial score (nSPS) is 23.6. The first-order chi connectivity index (χ1) is 18.5. The van der Waals surface area contributed by atoms with Crippen molar-refractivity contribution >= 4 is 33.7 Å². The highest BCUT2D eigenvalue weighted by atomic mass is 32.2. The van der Waals surface area contributed by atoms with Gasteiger partial charge in [-0.3, -0.25) is 9.00 Å². The number of aromatic nitrogens is 1. The Kier molecular flexibility index (Phi) is 9.13. The second kappa shape index (κ2) is 12.7. The summed E-state index contributed by atoms with van der Waals surface area (Å²) >= 11 is 1.74. The van der Waals surface area contributed by atoms with Gasteiger partial charge in [-0.1, -0.05) is 31.4 Å². The fraction of sp³-hybridized carbons (Fsp3) is 0.621. The maximum Gasteiger partial charge on any atom is 0.224 e. The smallest absolute Gasteiger partial charge is 0.224 e. The van der Waals surface area contributed by atoms with Crippen LogP contribution in [0.2, 0.25) is 0 Å². The molecule has 2 aromatic rings. The lowest BCUT2D eigenvalue weighted by Crippen LogP contribution is -2.40. The molecule has 2 saturated carbocycles. The molecule has 1 atom stereocenters. The van der Waals surface area contributed by atoms with Crippen molar-refractivity contribution in [2.24, 2.45) is 5.92 Å². The molecule has 6 rings (SSSR count). The van der Waals surface area contributed by atoms with Crippen molar-refractivity contribution in [1.29, 1.82) is 5.26 Å². The zero-order valence-corrected chi connectivity index (χ0v) is 23.7. The summed E-state index contributed by atoms with van der Waals surface area (Å²) in [6.45, 7) is 2.63. The maximum absolute atomic E-state index is 11.8.